The number of carbonyl (C=O) groups excluding carboxylic acids is 2. The normalized spacial score (nSPS) is 11.7. The third-order valence-electron chi connectivity index (χ3n) is 3.77. The van der Waals surface area contributed by atoms with Gasteiger partial charge in [0.1, 0.15) is 5.82 Å². The number of anilines is 1. The number of nitrogens with one attached hydrogen (secondary N) is 4. The van der Waals surface area contributed by atoms with E-state index in [2.05, 4.69) is 31.1 Å². The molecule has 2 rings (SSSR count). The van der Waals surface area contributed by atoms with Crippen molar-refractivity contribution in [3.63, 3.8) is 0 Å². The Labute approximate surface area is 151 Å². The minimum Gasteiger partial charge on any atom is -0.383 e. The number of ether oxygens (including phenoxy) is 1. The van der Waals surface area contributed by atoms with Crippen molar-refractivity contribution in [1.29, 1.82) is 0 Å². The van der Waals surface area contributed by atoms with Crippen LogP contribution in [0.4, 0.5) is 10.5 Å². The zero-order valence-corrected chi connectivity index (χ0v) is 15.3. The van der Waals surface area contributed by atoms with Gasteiger partial charge < -0.3 is 20.7 Å². The Morgan fingerprint density at radius 3 is 2.73 bits per heavy atom. The van der Waals surface area contributed by atoms with Crippen LogP contribution in [0.25, 0.3) is 0 Å². The molecule has 1 aromatic heterocycles. The lowest BCUT2D eigenvalue weighted by atomic mass is 10.1. The van der Waals surface area contributed by atoms with E-state index in [4.69, 9.17) is 4.74 Å². The summed E-state index contributed by atoms with van der Waals surface area (Å²) >= 11 is 0. The minimum absolute atomic E-state index is 0.215. The number of carbonyl (C=O) groups is 2. The zero-order valence-electron chi connectivity index (χ0n) is 15.3. The molecule has 0 unspecified atom stereocenters. The van der Waals surface area contributed by atoms with Gasteiger partial charge in [0, 0.05) is 24.9 Å². The fourth-order valence-electron chi connectivity index (χ4n) is 2.35. The fourth-order valence-corrected chi connectivity index (χ4v) is 2.35. The van der Waals surface area contributed by atoms with Gasteiger partial charge in [0.25, 0.3) is 5.91 Å². The van der Waals surface area contributed by atoms with Crippen LogP contribution in [0.1, 0.15) is 40.5 Å². The molecule has 0 radical (unpaired) electrons. The van der Waals surface area contributed by atoms with Crippen molar-refractivity contribution in [2.45, 2.75) is 26.8 Å². The molecule has 9 nitrogen and oxygen atoms in total. The summed E-state index contributed by atoms with van der Waals surface area (Å²) in [6.45, 7) is 6.21. The van der Waals surface area contributed by atoms with Gasteiger partial charge in [0.15, 0.2) is 5.82 Å². The smallest absolute Gasteiger partial charge is 0.319 e. The van der Waals surface area contributed by atoms with Gasteiger partial charge in [-0.15, -0.1) is 0 Å². The fraction of sp³-hybridized carbons (Fsp3) is 0.412. The van der Waals surface area contributed by atoms with Crippen molar-refractivity contribution < 1.29 is 14.3 Å². The highest BCUT2D eigenvalue weighted by Crippen LogP contribution is 2.19. The predicted octanol–water partition coefficient (Wildman–Crippen LogP) is 1.68. The molecule has 0 spiro atoms. The summed E-state index contributed by atoms with van der Waals surface area (Å²) in [6, 6.07) is 4.40. The molecule has 0 aliphatic heterocycles. The first kappa shape index (κ1) is 19.4. The van der Waals surface area contributed by atoms with Crippen LogP contribution in [-0.2, 0) is 4.74 Å². The molecule has 26 heavy (non-hydrogen) atoms. The number of hydrogen-bond acceptors (Lipinski definition) is 5. The third kappa shape index (κ3) is 5.03. The standard InChI is InChI=1S/C17H24N6O3/c1-10-13(16(24)18-8-9-26-4)6-5-7-14(10)21-17(25)19-11(2)15-20-12(3)22-23-15/h5-7,11H,8-9H2,1-4H3,(H,18,24)(H2,19,21,25)(H,20,22,23)/t11-/m0/s1. The maximum atomic E-state index is 12.2. The van der Waals surface area contributed by atoms with E-state index in [1.807, 2.05) is 0 Å². The summed E-state index contributed by atoms with van der Waals surface area (Å²) in [5, 5.41) is 15.0. The molecule has 4 N–H and O–H groups in total. The third-order valence-corrected chi connectivity index (χ3v) is 3.77. The van der Waals surface area contributed by atoms with Gasteiger partial charge in [-0.1, -0.05) is 6.07 Å². The van der Waals surface area contributed by atoms with E-state index in [-0.39, 0.29) is 11.9 Å². The molecule has 3 amide bonds. The Morgan fingerprint density at radius 1 is 1.31 bits per heavy atom. The summed E-state index contributed by atoms with van der Waals surface area (Å²) in [4.78, 5) is 28.7. The highest BCUT2D eigenvalue weighted by Gasteiger charge is 2.16. The van der Waals surface area contributed by atoms with Crippen LogP contribution in [0.15, 0.2) is 18.2 Å². The van der Waals surface area contributed by atoms with Crippen LogP contribution in [-0.4, -0.2) is 47.4 Å². The lowest BCUT2D eigenvalue weighted by Gasteiger charge is -2.15. The maximum Gasteiger partial charge on any atom is 0.319 e. The molecule has 1 atom stereocenters. The molecule has 0 saturated carbocycles. The average molecular weight is 360 g/mol. The van der Waals surface area contributed by atoms with E-state index >= 15 is 0 Å². The number of amides is 3. The Morgan fingerprint density at radius 2 is 2.08 bits per heavy atom. The van der Waals surface area contributed by atoms with Crippen molar-refractivity contribution in [1.82, 2.24) is 25.8 Å². The van der Waals surface area contributed by atoms with E-state index < -0.39 is 6.03 Å². The summed E-state index contributed by atoms with van der Waals surface area (Å²) in [5.74, 6) is 0.964. The van der Waals surface area contributed by atoms with E-state index in [0.29, 0.717) is 41.6 Å². The molecular weight excluding hydrogens is 336 g/mol. The molecule has 0 saturated heterocycles. The van der Waals surface area contributed by atoms with Gasteiger partial charge >= 0.3 is 6.03 Å². The highest BCUT2D eigenvalue weighted by atomic mass is 16.5. The van der Waals surface area contributed by atoms with Gasteiger partial charge in [0.2, 0.25) is 0 Å². The molecule has 1 aromatic carbocycles. The second-order valence-electron chi connectivity index (χ2n) is 5.83. The number of rotatable bonds is 7. The first-order valence-electron chi connectivity index (χ1n) is 8.25. The first-order chi connectivity index (χ1) is 12.4. The Hall–Kier alpha value is -2.94. The van der Waals surface area contributed by atoms with Gasteiger partial charge in [0.05, 0.1) is 12.6 Å². The van der Waals surface area contributed by atoms with E-state index in [0.717, 1.165) is 0 Å². The van der Waals surface area contributed by atoms with Gasteiger partial charge in [-0.3, -0.25) is 9.89 Å². The number of aromatic nitrogens is 3. The molecule has 0 fully saturated rings. The zero-order chi connectivity index (χ0) is 19.1. The van der Waals surface area contributed by atoms with Crippen LogP contribution in [0.2, 0.25) is 0 Å². The van der Waals surface area contributed by atoms with Gasteiger partial charge in [-0.2, -0.15) is 5.10 Å². The van der Waals surface area contributed by atoms with Crippen LogP contribution < -0.4 is 16.0 Å². The van der Waals surface area contributed by atoms with Gasteiger partial charge in [-0.05, 0) is 38.5 Å². The number of benzene rings is 1. The van der Waals surface area contributed by atoms with Crippen LogP contribution >= 0.6 is 0 Å². The van der Waals surface area contributed by atoms with Gasteiger partial charge in [-0.25, -0.2) is 9.78 Å². The Kier molecular flexibility index (Phi) is 6.67. The predicted molar refractivity (Wildman–Crippen MR) is 97.1 cm³/mol. The second kappa shape index (κ2) is 8.95. The van der Waals surface area contributed by atoms with Crippen molar-refractivity contribution in [3.8, 4) is 0 Å². The molecule has 9 heteroatoms. The van der Waals surface area contributed by atoms with Crippen LogP contribution in [0.3, 0.4) is 0 Å². The molecule has 2 aromatic rings. The summed E-state index contributed by atoms with van der Waals surface area (Å²) in [5.41, 5.74) is 1.73. The molecule has 1 heterocycles. The van der Waals surface area contributed by atoms with Crippen molar-refractivity contribution in [2.75, 3.05) is 25.6 Å². The number of aromatic amines is 1. The highest BCUT2D eigenvalue weighted by molar-refractivity contribution is 5.99. The molecule has 140 valence electrons. The van der Waals surface area contributed by atoms with Crippen molar-refractivity contribution in [2.24, 2.45) is 0 Å². The molecule has 0 aliphatic rings. The number of H-pyrrole nitrogens is 1. The monoisotopic (exact) mass is 360 g/mol. The summed E-state index contributed by atoms with van der Waals surface area (Å²) in [7, 11) is 1.57. The topological polar surface area (TPSA) is 121 Å². The lowest BCUT2D eigenvalue weighted by molar-refractivity contribution is 0.0936. The molecule has 0 aliphatic carbocycles. The number of nitrogens with zero attached hydrogens (tertiary/aromatic N) is 2. The number of hydrogen-bond donors (Lipinski definition) is 4. The van der Waals surface area contributed by atoms with E-state index in [9.17, 15) is 9.59 Å². The SMILES string of the molecule is COCCNC(=O)c1cccc(NC(=O)N[C@@H](C)c2n[nH]c(C)n2)c1C. The molecule has 0 bridgehead atoms. The quantitative estimate of drug-likeness (QED) is 0.560. The first-order valence-corrected chi connectivity index (χ1v) is 8.25. The largest absolute Gasteiger partial charge is 0.383 e. The van der Waals surface area contributed by atoms with E-state index in [1.54, 1.807) is 46.1 Å². The number of urea groups is 1. The second-order valence-corrected chi connectivity index (χ2v) is 5.83. The van der Waals surface area contributed by atoms with E-state index in [1.165, 1.54) is 0 Å². The Balaban J connectivity index is 2.01. The van der Waals surface area contributed by atoms with Crippen molar-refractivity contribution >= 4 is 17.6 Å². The summed E-state index contributed by atoms with van der Waals surface area (Å²) in [6.07, 6.45) is 0. The lowest BCUT2D eigenvalue weighted by Crippen LogP contribution is -2.32. The number of aryl methyl sites for hydroxylation is 1. The molecular formula is C17H24N6O3. The summed E-state index contributed by atoms with van der Waals surface area (Å²) < 4.78 is 4.92. The average Bonchev–Trinajstić information content (AvgIpc) is 3.03. The van der Waals surface area contributed by atoms with Crippen molar-refractivity contribution in [3.05, 3.63) is 41.0 Å². The van der Waals surface area contributed by atoms with Crippen LogP contribution in [0, 0.1) is 13.8 Å². The Bertz CT molecular complexity index is 774. The minimum atomic E-state index is -0.403. The number of methoxy groups -OCH3 is 1. The van der Waals surface area contributed by atoms with Crippen LogP contribution in [0.5, 0.6) is 0 Å². The maximum absolute atomic E-state index is 12.2.